The number of hydrogen-bond donors (Lipinski definition) is 3. The summed E-state index contributed by atoms with van der Waals surface area (Å²) in [6.07, 6.45) is -4.78. The number of hydrazone groups is 1. The molecule has 19 heteroatoms. The predicted molar refractivity (Wildman–Crippen MR) is 193 cm³/mol. The first-order chi connectivity index (χ1) is 25.1. The Morgan fingerprint density at radius 2 is 1.74 bits per heavy atom. The molecule has 0 spiro atoms. The topological polar surface area (TPSA) is 140 Å². The molecule has 3 aromatic rings. The minimum Gasteiger partial charge on any atom is -0.447 e. The quantitative estimate of drug-likeness (QED) is 0.0699. The summed E-state index contributed by atoms with van der Waals surface area (Å²) < 4.78 is 87.3. The maximum atomic E-state index is 14.9. The fourth-order valence-corrected chi connectivity index (χ4v) is 6.16. The Morgan fingerprint density at radius 3 is 2.26 bits per heavy atom. The van der Waals surface area contributed by atoms with Gasteiger partial charge in [-0.3, -0.25) is 20.1 Å². The van der Waals surface area contributed by atoms with Crippen LogP contribution < -0.4 is 15.6 Å². The first kappa shape index (κ1) is 41.6. The number of guanidine groups is 1. The molecule has 0 saturated carbocycles. The van der Waals surface area contributed by atoms with Gasteiger partial charge in [0.25, 0.3) is 18.8 Å². The van der Waals surface area contributed by atoms with Gasteiger partial charge >= 0.3 is 12.6 Å². The van der Waals surface area contributed by atoms with Gasteiger partial charge in [0.05, 0.1) is 28.5 Å². The lowest BCUT2D eigenvalue weighted by molar-refractivity contribution is -0.134. The number of nitrogens with one attached hydrogen (secondary N) is 3. The molecule has 3 N–H and O–H groups in total. The van der Waals surface area contributed by atoms with E-state index in [1.807, 2.05) is 20.8 Å². The van der Waals surface area contributed by atoms with Crippen LogP contribution in [0.15, 0.2) is 65.0 Å². The van der Waals surface area contributed by atoms with Crippen LogP contribution in [0.4, 0.5) is 36.8 Å². The molecule has 0 bridgehead atoms. The molecule has 1 aliphatic heterocycles. The Hall–Kier alpha value is -5.13. The first-order valence-corrected chi connectivity index (χ1v) is 16.7. The number of halogens is 7. The number of aliphatic imine (C=N–C) groups is 1. The summed E-state index contributed by atoms with van der Waals surface area (Å²) in [6.45, 7) is 7.58. The Labute approximate surface area is 312 Å². The molecule has 2 aromatic carbocycles. The number of aromatic nitrogens is 2. The lowest BCUT2D eigenvalue weighted by atomic mass is 9.75. The van der Waals surface area contributed by atoms with Crippen molar-refractivity contribution < 1.29 is 40.7 Å². The average Bonchev–Trinajstić information content (AvgIpc) is 3.67. The average molecular weight is 784 g/mol. The van der Waals surface area contributed by atoms with Crippen LogP contribution in [0.3, 0.4) is 0 Å². The summed E-state index contributed by atoms with van der Waals surface area (Å²) in [4.78, 5) is 32.3. The third-order valence-corrected chi connectivity index (χ3v) is 8.80. The summed E-state index contributed by atoms with van der Waals surface area (Å²) in [5.41, 5.74) is -2.88. The summed E-state index contributed by atoms with van der Waals surface area (Å²) in [5, 5.41) is 22.1. The van der Waals surface area contributed by atoms with Crippen molar-refractivity contribution >= 4 is 47.8 Å². The Balaban J connectivity index is 1.83. The van der Waals surface area contributed by atoms with Crippen molar-refractivity contribution in [1.82, 2.24) is 25.3 Å². The zero-order valence-corrected chi connectivity index (χ0v) is 30.9. The molecule has 2 heterocycles. The van der Waals surface area contributed by atoms with Crippen LogP contribution in [-0.2, 0) is 15.1 Å². The van der Waals surface area contributed by atoms with Crippen LogP contribution in [0, 0.1) is 10.8 Å². The van der Waals surface area contributed by atoms with Gasteiger partial charge < -0.3 is 15.4 Å². The van der Waals surface area contributed by atoms with Gasteiger partial charge in [0.1, 0.15) is 12.1 Å². The van der Waals surface area contributed by atoms with Gasteiger partial charge in [0.15, 0.2) is 11.8 Å². The number of benzene rings is 2. The highest BCUT2D eigenvalue weighted by atomic mass is 35.5. The lowest BCUT2D eigenvalue weighted by Crippen LogP contribution is -2.50. The molecule has 1 aromatic heterocycles. The lowest BCUT2D eigenvalue weighted by Gasteiger charge is -2.35. The number of ether oxygens (including phenoxy) is 1. The van der Waals surface area contributed by atoms with Crippen molar-refractivity contribution in [3.8, 4) is 11.1 Å². The summed E-state index contributed by atoms with van der Waals surface area (Å²) in [5.74, 6) is -1.93. The van der Waals surface area contributed by atoms with E-state index in [2.05, 4.69) is 32.5 Å². The number of alkyl halides is 6. The van der Waals surface area contributed by atoms with E-state index < -0.39 is 72.3 Å². The number of hydrogen-bond acceptors (Lipinski definition) is 7. The molecular formula is C35H40ClF6N9O3. The van der Waals surface area contributed by atoms with E-state index in [1.54, 1.807) is 24.3 Å². The van der Waals surface area contributed by atoms with Gasteiger partial charge in [-0.05, 0) is 54.5 Å². The van der Waals surface area contributed by atoms with Crippen molar-refractivity contribution in [2.24, 2.45) is 15.5 Å². The monoisotopic (exact) mass is 783 g/mol. The molecule has 0 aliphatic carbocycles. The Kier molecular flexibility index (Phi) is 12.4. The molecule has 2 atom stereocenters. The molecule has 292 valence electrons. The van der Waals surface area contributed by atoms with E-state index in [-0.39, 0.29) is 22.7 Å². The highest BCUT2D eigenvalue weighted by Gasteiger charge is 2.54. The van der Waals surface area contributed by atoms with E-state index in [0.717, 1.165) is 25.8 Å². The number of amidine groups is 1. The number of nitrogens with zero attached hydrogens (tertiary/aromatic N) is 6. The number of alkyl carbamates (subject to hydrolysis) is 1. The highest BCUT2D eigenvalue weighted by Crippen LogP contribution is 2.43. The van der Waals surface area contributed by atoms with Gasteiger partial charge in [-0.2, -0.15) is 19.0 Å². The fraction of sp³-hybridized carbons (Fsp3) is 0.429. The number of carbonyl (C=O) groups is 2. The van der Waals surface area contributed by atoms with E-state index >= 15 is 0 Å². The normalized spacial score (nSPS) is 17.3. The maximum absolute atomic E-state index is 14.9. The highest BCUT2D eigenvalue weighted by molar-refractivity contribution is 6.34. The summed E-state index contributed by atoms with van der Waals surface area (Å²) >= 11 is 6.43. The molecule has 54 heavy (non-hydrogen) atoms. The van der Waals surface area contributed by atoms with Gasteiger partial charge in [-0.15, -0.1) is 0 Å². The molecule has 0 radical (unpaired) electrons. The molecule has 12 nitrogen and oxygen atoms in total. The van der Waals surface area contributed by atoms with Crippen molar-refractivity contribution in [2.45, 2.75) is 77.6 Å². The van der Waals surface area contributed by atoms with Crippen LogP contribution in [0.25, 0.3) is 11.1 Å². The number of rotatable bonds is 13. The van der Waals surface area contributed by atoms with E-state index in [9.17, 15) is 35.9 Å². The largest absolute Gasteiger partial charge is 0.447 e. The van der Waals surface area contributed by atoms with Crippen molar-refractivity contribution in [2.75, 3.05) is 18.7 Å². The van der Waals surface area contributed by atoms with Crippen LogP contribution in [0.2, 0.25) is 5.02 Å². The molecule has 4 rings (SSSR count). The molecule has 0 unspecified atom stereocenters. The smallest absolute Gasteiger partial charge is 0.407 e. The summed E-state index contributed by atoms with van der Waals surface area (Å²) in [6, 6.07) is 9.07. The summed E-state index contributed by atoms with van der Waals surface area (Å²) in [7, 11) is 1.11. The third-order valence-electron chi connectivity index (χ3n) is 8.48. The Bertz CT molecular complexity index is 1900. The second kappa shape index (κ2) is 16.1. The number of amides is 2. The second-order valence-electron chi connectivity index (χ2n) is 14.2. The predicted octanol–water partition coefficient (Wildman–Crippen LogP) is 7.82. The number of carbonyl (C=O) groups excluding carboxylic acids is 2. The van der Waals surface area contributed by atoms with Gasteiger partial charge in [-0.25, -0.2) is 32.0 Å². The van der Waals surface area contributed by atoms with Crippen LogP contribution in [0.1, 0.15) is 64.8 Å². The van der Waals surface area contributed by atoms with Gasteiger partial charge in [-0.1, -0.05) is 62.7 Å². The molecule has 1 aliphatic rings. The molecule has 2 amide bonds. The van der Waals surface area contributed by atoms with Crippen LogP contribution in [0.5, 0.6) is 0 Å². The van der Waals surface area contributed by atoms with Crippen molar-refractivity contribution in [3.05, 3.63) is 71.0 Å². The zero-order chi connectivity index (χ0) is 40.3. The third kappa shape index (κ3) is 8.80. The number of anilines is 1. The Morgan fingerprint density at radius 1 is 1.09 bits per heavy atom. The van der Waals surface area contributed by atoms with E-state index in [1.165, 1.54) is 30.6 Å². The SMILES string of the molecule is C=NN(/C(=N\C)C(F)F)c1cc([C@@H](COC(=O)NC(C)(C)C(F)F)N2C(=N)N[C@](CC(C)(C)C)(c3ccc(-c4cnn(C(F)F)c4)cc3)C2=O)ccc1Cl. The minimum atomic E-state index is -3.11. The zero-order valence-electron chi connectivity index (χ0n) is 30.2. The fourth-order valence-electron chi connectivity index (χ4n) is 5.96. The second-order valence-corrected chi connectivity index (χ2v) is 14.6. The van der Waals surface area contributed by atoms with Crippen LogP contribution >= 0.6 is 11.6 Å². The van der Waals surface area contributed by atoms with Crippen molar-refractivity contribution in [1.29, 1.82) is 5.41 Å². The van der Waals surface area contributed by atoms with Gasteiger partial charge in [0, 0.05) is 25.5 Å². The standard InChI is InChI=1S/C35H40ClF6N9O3/c1-33(2,3)18-35(22-11-8-19(9-12-22)21-15-46-49(16-21)30(41)42)29(52)50(31(43)47-35)25(17-54-32(53)48-34(4,5)28(39)40)20-10-13-23(36)24(14-20)51(45-7)27(44-6)26(37)38/h8-16,25-26,28,30H,7,17-18H2,1-6H3,(H2,43,47)(H,48,53)/b44-27-/t25-,35-/m1/s1. The van der Waals surface area contributed by atoms with Gasteiger partial charge in [0.2, 0.25) is 0 Å². The molecular weight excluding hydrogens is 744 g/mol. The molecule has 1 fully saturated rings. The van der Waals surface area contributed by atoms with Crippen LogP contribution in [-0.4, -0.2) is 77.2 Å². The van der Waals surface area contributed by atoms with E-state index in [4.69, 9.17) is 21.7 Å². The van der Waals surface area contributed by atoms with Crippen molar-refractivity contribution in [3.63, 3.8) is 0 Å². The van der Waals surface area contributed by atoms with E-state index in [0.29, 0.717) is 26.4 Å². The maximum Gasteiger partial charge on any atom is 0.407 e. The molecule has 1 saturated heterocycles. The minimum absolute atomic E-state index is 0.0775. The first-order valence-electron chi connectivity index (χ1n) is 16.3.